The molecule has 7 heteroatoms. The Balaban J connectivity index is 1.63. The number of morpholine rings is 1. The summed E-state index contributed by atoms with van der Waals surface area (Å²) in [5.41, 5.74) is 2.48. The monoisotopic (exact) mass is 388 g/mol. The van der Waals surface area contributed by atoms with E-state index >= 15 is 0 Å². The Hall–Kier alpha value is -2.28. The topological polar surface area (TPSA) is 71.0 Å². The van der Waals surface area contributed by atoms with Crippen LogP contribution in [0.3, 0.4) is 0 Å². The van der Waals surface area contributed by atoms with Crippen molar-refractivity contribution in [3.8, 4) is 22.6 Å². The van der Waals surface area contributed by atoms with Gasteiger partial charge in [-0.1, -0.05) is 23.7 Å². The normalized spacial score (nSPS) is 19.7. The zero-order valence-electron chi connectivity index (χ0n) is 14.8. The predicted octanol–water partition coefficient (Wildman–Crippen LogP) is 2.42. The fourth-order valence-electron chi connectivity index (χ4n) is 3.45. The van der Waals surface area contributed by atoms with Gasteiger partial charge < -0.3 is 24.8 Å². The van der Waals surface area contributed by atoms with Gasteiger partial charge in [0.25, 0.3) is 5.91 Å². The molecule has 0 bridgehead atoms. The maximum atomic E-state index is 12.8. The molecule has 6 nitrogen and oxygen atoms in total. The summed E-state index contributed by atoms with van der Waals surface area (Å²) in [6.07, 6.45) is -0.481. The first-order valence-electron chi connectivity index (χ1n) is 8.97. The van der Waals surface area contributed by atoms with Crippen LogP contribution in [-0.2, 0) is 16.1 Å². The lowest BCUT2D eigenvalue weighted by molar-refractivity contribution is -0.146. The Labute approximate surface area is 162 Å². The van der Waals surface area contributed by atoms with E-state index in [1.165, 1.54) is 0 Å². The van der Waals surface area contributed by atoms with Crippen molar-refractivity contribution < 1.29 is 19.4 Å². The van der Waals surface area contributed by atoms with Crippen LogP contribution in [0.4, 0.5) is 0 Å². The number of nitrogens with zero attached hydrogens (tertiary/aromatic N) is 1. The number of phenols is 1. The highest BCUT2D eigenvalue weighted by molar-refractivity contribution is 6.30. The summed E-state index contributed by atoms with van der Waals surface area (Å²) < 4.78 is 11.3. The van der Waals surface area contributed by atoms with Gasteiger partial charge in [-0.2, -0.15) is 0 Å². The molecule has 27 heavy (non-hydrogen) atoms. The average Bonchev–Trinajstić information content (AvgIpc) is 2.91. The number of fused-ring (bicyclic) bond motifs is 1. The van der Waals surface area contributed by atoms with Gasteiger partial charge in [0.2, 0.25) is 0 Å². The summed E-state index contributed by atoms with van der Waals surface area (Å²) in [6, 6.07) is 11.0. The third-order valence-corrected chi connectivity index (χ3v) is 5.02. The lowest BCUT2D eigenvalue weighted by Crippen LogP contribution is -2.49. The van der Waals surface area contributed by atoms with Crippen LogP contribution >= 0.6 is 11.6 Å². The highest BCUT2D eigenvalue weighted by atomic mass is 35.5. The van der Waals surface area contributed by atoms with E-state index in [0.717, 1.165) is 23.2 Å². The van der Waals surface area contributed by atoms with E-state index < -0.39 is 6.10 Å². The van der Waals surface area contributed by atoms with E-state index in [1.54, 1.807) is 17.0 Å². The zero-order valence-corrected chi connectivity index (χ0v) is 15.5. The third-order valence-electron chi connectivity index (χ3n) is 4.79. The summed E-state index contributed by atoms with van der Waals surface area (Å²) in [4.78, 5) is 14.6. The number of benzene rings is 2. The summed E-state index contributed by atoms with van der Waals surface area (Å²) in [5, 5.41) is 14.3. The van der Waals surface area contributed by atoms with Crippen LogP contribution < -0.4 is 10.1 Å². The minimum Gasteiger partial charge on any atom is -0.504 e. The smallest absolute Gasteiger partial charge is 0.253 e. The molecule has 1 amide bonds. The van der Waals surface area contributed by atoms with Crippen LogP contribution in [0.15, 0.2) is 36.4 Å². The molecule has 2 aliphatic heterocycles. The standard InChI is InChI=1S/C20H21ClN2O4/c21-16-3-1-2-13(9-16)14-8-15-12-23(5-7-27-19(15)17(24)10-14)20(25)18-11-22-4-6-26-18/h1-3,8-10,18,22,24H,4-7,11-12H2/t18-/m1/s1. The number of nitrogens with one attached hydrogen (secondary N) is 1. The lowest BCUT2D eigenvalue weighted by atomic mass is 10.0. The number of halogens is 1. The first kappa shape index (κ1) is 18.1. The Kier molecular flexibility index (Phi) is 5.20. The van der Waals surface area contributed by atoms with Gasteiger partial charge in [0.15, 0.2) is 11.5 Å². The van der Waals surface area contributed by atoms with E-state index in [9.17, 15) is 9.90 Å². The molecule has 0 saturated carbocycles. The maximum absolute atomic E-state index is 12.8. The summed E-state index contributed by atoms with van der Waals surface area (Å²) >= 11 is 6.09. The van der Waals surface area contributed by atoms with Crippen molar-refractivity contribution in [3.05, 3.63) is 47.0 Å². The van der Waals surface area contributed by atoms with E-state index in [0.29, 0.717) is 43.6 Å². The molecule has 1 fully saturated rings. The number of ether oxygens (including phenoxy) is 2. The number of phenolic OH excluding ortho intramolecular Hbond substituents is 1. The largest absolute Gasteiger partial charge is 0.504 e. The van der Waals surface area contributed by atoms with Crippen molar-refractivity contribution in [1.29, 1.82) is 0 Å². The SMILES string of the molecule is O=C([C@H]1CNCCO1)N1CCOc2c(O)cc(-c3cccc(Cl)c3)cc2C1. The van der Waals surface area contributed by atoms with Gasteiger partial charge in [-0.05, 0) is 35.4 Å². The average molecular weight is 389 g/mol. The van der Waals surface area contributed by atoms with Crippen LogP contribution in [-0.4, -0.2) is 54.9 Å². The molecule has 2 aliphatic rings. The van der Waals surface area contributed by atoms with Gasteiger partial charge in [0.1, 0.15) is 12.7 Å². The van der Waals surface area contributed by atoms with Crippen molar-refractivity contribution in [1.82, 2.24) is 10.2 Å². The van der Waals surface area contributed by atoms with Gasteiger partial charge in [-0.3, -0.25) is 4.79 Å². The molecule has 0 aromatic heterocycles. The van der Waals surface area contributed by atoms with Crippen LogP contribution in [0.2, 0.25) is 5.02 Å². The molecule has 0 unspecified atom stereocenters. The molecule has 1 atom stereocenters. The van der Waals surface area contributed by atoms with Gasteiger partial charge in [0, 0.05) is 30.2 Å². The molecule has 0 radical (unpaired) electrons. The Morgan fingerprint density at radius 3 is 2.89 bits per heavy atom. The summed E-state index contributed by atoms with van der Waals surface area (Å²) in [5.74, 6) is 0.428. The molecule has 0 spiro atoms. The number of rotatable bonds is 2. The summed E-state index contributed by atoms with van der Waals surface area (Å²) in [7, 11) is 0. The number of aromatic hydroxyl groups is 1. The van der Waals surface area contributed by atoms with Crippen LogP contribution in [0.5, 0.6) is 11.5 Å². The van der Waals surface area contributed by atoms with Crippen molar-refractivity contribution >= 4 is 17.5 Å². The van der Waals surface area contributed by atoms with Crippen molar-refractivity contribution in [2.75, 3.05) is 32.8 Å². The minimum atomic E-state index is -0.481. The number of carbonyl (C=O) groups excluding carboxylic acids is 1. The highest BCUT2D eigenvalue weighted by Gasteiger charge is 2.29. The molecule has 2 aromatic rings. The Morgan fingerprint density at radius 2 is 2.11 bits per heavy atom. The molecule has 2 aromatic carbocycles. The van der Waals surface area contributed by atoms with Crippen molar-refractivity contribution in [2.45, 2.75) is 12.6 Å². The molecular weight excluding hydrogens is 368 g/mol. The first-order chi connectivity index (χ1) is 13.1. The maximum Gasteiger partial charge on any atom is 0.253 e. The Bertz CT molecular complexity index is 852. The Morgan fingerprint density at radius 1 is 1.22 bits per heavy atom. The quantitative estimate of drug-likeness (QED) is 0.826. The second-order valence-electron chi connectivity index (χ2n) is 6.67. The first-order valence-corrected chi connectivity index (χ1v) is 9.35. The minimum absolute atomic E-state index is 0.0624. The highest BCUT2D eigenvalue weighted by Crippen LogP contribution is 2.38. The predicted molar refractivity (Wildman–Crippen MR) is 102 cm³/mol. The van der Waals surface area contributed by atoms with Crippen molar-refractivity contribution in [3.63, 3.8) is 0 Å². The number of amides is 1. The van der Waals surface area contributed by atoms with Crippen LogP contribution in [0.25, 0.3) is 11.1 Å². The third kappa shape index (κ3) is 3.88. The van der Waals surface area contributed by atoms with Crippen LogP contribution in [0, 0.1) is 0 Å². The number of carbonyl (C=O) groups is 1. The van der Waals surface area contributed by atoms with Gasteiger partial charge in [0.05, 0.1) is 13.2 Å². The van der Waals surface area contributed by atoms with Gasteiger partial charge in [-0.25, -0.2) is 0 Å². The second kappa shape index (κ2) is 7.76. The van der Waals surface area contributed by atoms with E-state index in [2.05, 4.69) is 5.32 Å². The fourth-order valence-corrected chi connectivity index (χ4v) is 3.64. The molecule has 4 rings (SSSR count). The van der Waals surface area contributed by atoms with Gasteiger partial charge >= 0.3 is 0 Å². The van der Waals surface area contributed by atoms with E-state index in [-0.39, 0.29) is 11.7 Å². The molecule has 2 heterocycles. The van der Waals surface area contributed by atoms with E-state index in [4.69, 9.17) is 21.1 Å². The van der Waals surface area contributed by atoms with Crippen molar-refractivity contribution in [2.24, 2.45) is 0 Å². The lowest BCUT2D eigenvalue weighted by Gasteiger charge is -2.28. The molecular formula is C20H21ClN2O4. The molecule has 1 saturated heterocycles. The molecule has 2 N–H and O–H groups in total. The second-order valence-corrected chi connectivity index (χ2v) is 7.10. The fraction of sp³-hybridized carbons (Fsp3) is 0.350. The molecule has 142 valence electrons. The van der Waals surface area contributed by atoms with E-state index in [1.807, 2.05) is 24.3 Å². The summed E-state index contributed by atoms with van der Waals surface area (Å²) in [6.45, 7) is 2.92. The zero-order chi connectivity index (χ0) is 18.8. The number of hydrogen-bond donors (Lipinski definition) is 2. The van der Waals surface area contributed by atoms with Crippen LogP contribution in [0.1, 0.15) is 5.56 Å². The molecule has 0 aliphatic carbocycles. The van der Waals surface area contributed by atoms with Gasteiger partial charge in [-0.15, -0.1) is 0 Å². The number of hydrogen-bond acceptors (Lipinski definition) is 5.